The number of hydrogen-bond acceptors (Lipinski definition) is 3. The number of β-amino-alcohol motifs (C(OH)–C–C–N with tert-alkyl or cyclic N) is 1. The number of aliphatic hydroxyl groups is 1. The quantitative estimate of drug-likeness (QED) is 0.931. The minimum Gasteiger partial charge on any atom is -0.387 e. The SMILES string of the molecule is OC(CN1CCCOCC1)c1cccc2ccccc12. The molecular formula is C17H21NO2. The fraction of sp³-hybridized carbons (Fsp3) is 0.412. The van der Waals surface area contributed by atoms with Crippen molar-refractivity contribution in [2.45, 2.75) is 12.5 Å². The first-order valence-corrected chi connectivity index (χ1v) is 7.30. The second kappa shape index (κ2) is 6.35. The molecule has 1 fully saturated rings. The van der Waals surface area contributed by atoms with Gasteiger partial charge in [0.05, 0.1) is 12.7 Å². The molecule has 0 radical (unpaired) electrons. The maximum atomic E-state index is 10.6. The molecule has 0 spiro atoms. The van der Waals surface area contributed by atoms with E-state index < -0.39 is 6.10 Å². The van der Waals surface area contributed by atoms with Crippen LogP contribution in [0.5, 0.6) is 0 Å². The van der Waals surface area contributed by atoms with Crippen LogP contribution in [0.1, 0.15) is 18.1 Å². The monoisotopic (exact) mass is 271 g/mol. The van der Waals surface area contributed by atoms with Crippen molar-refractivity contribution in [3.8, 4) is 0 Å². The summed E-state index contributed by atoms with van der Waals surface area (Å²) in [6.45, 7) is 4.18. The number of ether oxygens (including phenoxy) is 1. The van der Waals surface area contributed by atoms with Gasteiger partial charge in [-0.05, 0) is 22.8 Å². The summed E-state index contributed by atoms with van der Waals surface area (Å²) in [5.74, 6) is 0. The largest absolute Gasteiger partial charge is 0.387 e. The molecule has 0 aliphatic carbocycles. The molecule has 1 aliphatic heterocycles. The number of nitrogens with zero attached hydrogens (tertiary/aromatic N) is 1. The maximum absolute atomic E-state index is 10.6. The highest BCUT2D eigenvalue weighted by Gasteiger charge is 2.16. The van der Waals surface area contributed by atoms with E-state index in [0.29, 0.717) is 6.54 Å². The Morgan fingerprint density at radius 1 is 1.05 bits per heavy atom. The third-order valence-corrected chi connectivity index (χ3v) is 3.93. The van der Waals surface area contributed by atoms with Gasteiger partial charge in [-0.15, -0.1) is 0 Å². The predicted molar refractivity (Wildman–Crippen MR) is 80.8 cm³/mol. The number of aliphatic hydroxyl groups excluding tert-OH is 1. The zero-order valence-corrected chi connectivity index (χ0v) is 11.7. The van der Waals surface area contributed by atoms with Crippen LogP contribution in [0, 0.1) is 0 Å². The molecule has 1 unspecified atom stereocenters. The smallest absolute Gasteiger partial charge is 0.0922 e. The highest BCUT2D eigenvalue weighted by molar-refractivity contribution is 5.85. The lowest BCUT2D eigenvalue weighted by atomic mass is 10.00. The normalized spacial score (nSPS) is 18.9. The molecule has 3 nitrogen and oxygen atoms in total. The molecule has 0 aromatic heterocycles. The average Bonchev–Trinajstić information content (AvgIpc) is 2.75. The standard InChI is InChI=1S/C17H21NO2/c19-17(13-18-9-4-11-20-12-10-18)16-8-3-6-14-5-1-2-7-15(14)16/h1-3,5-8,17,19H,4,9-13H2. The lowest BCUT2D eigenvalue weighted by Gasteiger charge is -2.23. The zero-order chi connectivity index (χ0) is 13.8. The van der Waals surface area contributed by atoms with Gasteiger partial charge in [0.25, 0.3) is 0 Å². The van der Waals surface area contributed by atoms with E-state index in [1.54, 1.807) is 0 Å². The van der Waals surface area contributed by atoms with Gasteiger partial charge in [0.2, 0.25) is 0 Å². The Kier molecular flexibility index (Phi) is 4.31. The van der Waals surface area contributed by atoms with Crippen LogP contribution in [0.3, 0.4) is 0 Å². The Balaban J connectivity index is 1.79. The van der Waals surface area contributed by atoms with Crippen LogP contribution in [0.15, 0.2) is 42.5 Å². The van der Waals surface area contributed by atoms with Crippen molar-refractivity contribution in [1.82, 2.24) is 4.90 Å². The molecule has 2 aromatic rings. The fourth-order valence-electron chi connectivity index (χ4n) is 2.86. The Hall–Kier alpha value is -1.42. The summed E-state index contributed by atoms with van der Waals surface area (Å²) in [7, 11) is 0. The van der Waals surface area contributed by atoms with Crippen LogP contribution >= 0.6 is 0 Å². The first-order chi connectivity index (χ1) is 9.84. The van der Waals surface area contributed by atoms with Crippen molar-refractivity contribution in [3.63, 3.8) is 0 Å². The summed E-state index contributed by atoms with van der Waals surface area (Å²) in [4.78, 5) is 2.29. The van der Waals surface area contributed by atoms with Crippen LogP contribution in [0.25, 0.3) is 10.8 Å². The summed E-state index contributed by atoms with van der Waals surface area (Å²) < 4.78 is 5.46. The van der Waals surface area contributed by atoms with E-state index in [-0.39, 0.29) is 0 Å². The molecule has 1 saturated heterocycles. The highest BCUT2D eigenvalue weighted by Crippen LogP contribution is 2.25. The summed E-state index contributed by atoms with van der Waals surface area (Å²) in [5, 5.41) is 12.9. The van der Waals surface area contributed by atoms with Crippen LogP contribution in [-0.2, 0) is 4.74 Å². The Labute approximate surface area is 119 Å². The Morgan fingerprint density at radius 3 is 2.85 bits per heavy atom. The first-order valence-electron chi connectivity index (χ1n) is 7.30. The summed E-state index contributed by atoms with van der Waals surface area (Å²) >= 11 is 0. The third-order valence-electron chi connectivity index (χ3n) is 3.93. The molecule has 106 valence electrons. The number of fused-ring (bicyclic) bond motifs is 1. The second-order valence-corrected chi connectivity index (χ2v) is 5.35. The molecule has 3 rings (SSSR count). The number of hydrogen-bond donors (Lipinski definition) is 1. The van der Waals surface area contributed by atoms with Gasteiger partial charge in [0, 0.05) is 26.2 Å². The van der Waals surface area contributed by atoms with Crippen LogP contribution in [-0.4, -0.2) is 42.9 Å². The van der Waals surface area contributed by atoms with Crippen molar-refractivity contribution >= 4 is 10.8 Å². The van der Waals surface area contributed by atoms with E-state index in [1.165, 1.54) is 5.39 Å². The van der Waals surface area contributed by atoms with E-state index in [2.05, 4.69) is 23.1 Å². The molecule has 1 atom stereocenters. The zero-order valence-electron chi connectivity index (χ0n) is 11.7. The molecule has 0 saturated carbocycles. The van der Waals surface area contributed by atoms with Gasteiger partial charge < -0.3 is 9.84 Å². The Morgan fingerprint density at radius 2 is 1.90 bits per heavy atom. The van der Waals surface area contributed by atoms with Gasteiger partial charge in [-0.2, -0.15) is 0 Å². The average molecular weight is 271 g/mol. The van der Waals surface area contributed by atoms with Crippen LogP contribution in [0.4, 0.5) is 0 Å². The number of benzene rings is 2. The van der Waals surface area contributed by atoms with E-state index in [0.717, 1.165) is 43.7 Å². The van der Waals surface area contributed by atoms with E-state index in [1.807, 2.05) is 24.3 Å². The predicted octanol–water partition coefficient (Wildman–Crippen LogP) is 2.60. The molecule has 0 amide bonds. The molecular weight excluding hydrogens is 250 g/mol. The second-order valence-electron chi connectivity index (χ2n) is 5.35. The Bertz CT molecular complexity index is 556. The van der Waals surface area contributed by atoms with Crippen LogP contribution < -0.4 is 0 Å². The fourth-order valence-corrected chi connectivity index (χ4v) is 2.86. The van der Waals surface area contributed by atoms with Crippen molar-refractivity contribution in [2.75, 3.05) is 32.8 Å². The van der Waals surface area contributed by atoms with Crippen molar-refractivity contribution in [3.05, 3.63) is 48.0 Å². The van der Waals surface area contributed by atoms with Gasteiger partial charge >= 0.3 is 0 Å². The molecule has 0 bridgehead atoms. The molecule has 1 aliphatic rings. The molecule has 2 aromatic carbocycles. The lowest BCUT2D eigenvalue weighted by molar-refractivity contribution is 0.104. The van der Waals surface area contributed by atoms with Gasteiger partial charge in [-0.3, -0.25) is 4.90 Å². The van der Waals surface area contributed by atoms with Gasteiger partial charge in [0.15, 0.2) is 0 Å². The summed E-state index contributed by atoms with van der Waals surface area (Å²) in [6, 6.07) is 14.4. The molecule has 1 heterocycles. The summed E-state index contributed by atoms with van der Waals surface area (Å²) in [5.41, 5.74) is 1.02. The highest BCUT2D eigenvalue weighted by atomic mass is 16.5. The molecule has 3 heteroatoms. The number of rotatable bonds is 3. The van der Waals surface area contributed by atoms with Crippen LogP contribution in [0.2, 0.25) is 0 Å². The first kappa shape index (κ1) is 13.6. The maximum Gasteiger partial charge on any atom is 0.0922 e. The van der Waals surface area contributed by atoms with Crippen molar-refractivity contribution in [2.24, 2.45) is 0 Å². The minimum atomic E-state index is -0.445. The van der Waals surface area contributed by atoms with E-state index >= 15 is 0 Å². The van der Waals surface area contributed by atoms with Crippen molar-refractivity contribution in [1.29, 1.82) is 0 Å². The minimum absolute atomic E-state index is 0.445. The van der Waals surface area contributed by atoms with E-state index in [9.17, 15) is 5.11 Å². The van der Waals surface area contributed by atoms with E-state index in [4.69, 9.17) is 4.74 Å². The lowest BCUT2D eigenvalue weighted by Crippen LogP contribution is -2.31. The van der Waals surface area contributed by atoms with Crippen molar-refractivity contribution < 1.29 is 9.84 Å². The summed E-state index contributed by atoms with van der Waals surface area (Å²) in [6.07, 6.45) is 0.599. The van der Waals surface area contributed by atoms with Gasteiger partial charge in [-0.25, -0.2) is 0 Å². The van der Waals surface area contributed by atoms with Gasteiger partial charge in [0.1, 0.15) is 0 Å². The third kappa shape index (κ3) is 3.01. The topological polar surface area (TPSA) is 32.7 Å². The van der Waals surface area contributed by atoms with Gasteiger partial charge in [-0.1, -0.05) is 42.5 Å². The molecule has 1 N–H and O–H groups in total. The molecule has 20 heavy (non-hydrogen) atoms.